The molecule has 1 spiro atoms. The van der Waals surface area contributed by atoms with Gasteiger partial charge in [-0.15, -0.1) is 0 Å². The number of aliphatic hydroxyl groups is 1. The van der Waals surface area contributed by atoms with Crippen molar-refractivity contribution in [3.05, 3.63) is 41.7 Å². The van der Waals surface area contributed by atoms with Gasteiger partial charge < -0.3 is 29.6 Å². The summed E-state index contributed by atoms with van der Waals surface area (Å²) in [6.07, 6.45) is 4.84. The number of benzene rings is 1. The SMILES string of the molecule is Cc1cc2nc(C)n(CC(=O)N3CCC4(CC3)C[C@@](C)(O)[C@H](n3cnc5c(N)ncnc53)CO4)c2cc1C. The molecule has 6 rings (SSSR count). The molecule has 1 amide bonds. The summed E-state index contributed by atoms with van der Waals surface area (Å²) in [6, 6.07) is 3.83. The maximum absolute atomic E-state index is 13.3. The molecule has 5 heterocycles. The first-order valence-corrected chi connectivity index (χ1v) is 13.1. The van der Waals surface area contributed by atoms with Crippen LogP contribution in [0, 0.1) is 20.8 Å². The summed E-state index contributed by atoms with van der Waals surface area (Å²) in [7, 11) is 0. The number of rotatable bonds is 3. The average molecular weight is 519 g/mol. The number of likely N-dealkylation sites (tertiary alicyclic amines) is 1. The third-order valence-electron chi connectivity index (χ3n) is 8.54. The largest absolute Gasteiger partial charge is 0.388 e. The molecule has 2 atom stereocenters. The number of fused-ring (bicyclic) bond motifs is 2. The minimum Gasteiger partial charge on any atom is -0.388 e. The van der Waals surface area contributed by atoms with Crippen LogP contribution in [0.3, 0.4) is 0 Å². The number of carbonyl (C=O) groups is 1. The van der Waals surface area contributed by atoms with Gasteiger partial charge in [0.2, 0.25) is 5.91 Å². The van der Waals surface area contributed by atoms with Gasteiger partial charge in [0.15, 0.2) is 11.5 Å². The number of anilines is 1. The molecule has 2 fully saturated rings. The molecule has 2 saturated heterocycles. The highest BCUT2D eigenvalue weighted by Crippen LogP contribution is 2.44. The van der Waals surface area contributed by atoms with Gasteiger partial charge in [-0.3, -0.25) is 4.79 Å². The third-order valence-corrected chi connectivity index (χ3v) is 8.54. The lowest BCUT2D eigenvalue weighted by Crippen LogP contribution is -2.58. The van der Waals surface area contributed by atoms with Crippen LogP contribution in [-0.2, 0) is 16.1 Å². The predicted molar refractivity (Wildman–Crippen MR) is 142 cm³/mol. The van der Waals surface area contributed by atoms with Crippen molar-refractivity contribution in [1.29, 1.82) is 0 Å². The van der Waals surface area contributed by atoms with E-state index in [4.69, 9.17) is 10.5 Å². The topological polar surface area (TPSA) is 137 Å². The van der Waals surface area contributed by atoms with E-state index >= 15 is 0 Å². The van der Waals surface area contributed by atoms with Gasteiger partial charge >= 0.3 is 0 Å². The summed E-state index contributed by atoms with van der Waals surface area (Å²) < 4.78 is 10.3. The lowest BCUT2D eigenvalue weighted by Gasteiger charge is -2.51. The molecule has 3 N–H and O–H groups in total. The molecule has 0 radical (unpaired) electrons. The number of aryl methyl sites for hydroxylation is 3. The number of hydrogen-bond acceptors (Lipinski definition) is 8. The molecule has 2 aliphatic rings. The molecule has 2 aliphatic heterocycles. The molecular weight excluding hydrogens is 484 g/mol. The fourth-order valence-corrected chi connectivity index (χ4v) is 6.15. The number of imidazole rings is 2. The zero-order valence-corrected chi connectivity index (χ0v) is 22.3. The number of carbonyl (C=O) groups excluding carboxylic acids is 1. The highest BCUT2D eigenvalue weighted by atomic mass is 16.5. The van der Waals surface area contributed by atoms with E-state index in [-0.39, 0.29) is 18.5 Å². The number of aromatic nitrogens is 6. The Kier molecular flexibility index (Phi) is 5.69. The first-order valence-electron chi connectivity index (χ1n) is 13.1. The summed E-state index contributed by atoms with van der Waals surface area (Å²) in [5.41, 5.74) is 9.80. The lowest BCUT2D eigenvalue weighted by atomic mass is 9.75. The number of ether oxygens (including phenoxy) is 1. The summed E-state index contributed by atoms with van der Waals surface area (Å²) in [5, 5.41) is 11.6. The van der Waals surface area contributed by atoms with Crippen LogP contribution in [0.2, 0.25) is 0 Å². The molecule has 0 bridgehead atoms. The van der Waals surface area contributed by atoms with E-state index in [9.17, 15) is 9.90 Å². The molecule has 200 valence electrons. The van der Waals surface area contributed by atoms with E-state index < -0.39 is 11.2 Å². The van der Waals surface area contributed by atoms with Crippen molar-refractivity contribution in [1.82, 2.24) is 34.0 Å². The van der Waals surface area contributed by atoms with Crippen LogP contribution in [-0.4, -0.2) is 75.9 Å². The minimum atomic E-state index is -1.05. The zero-order chi connectivity index (χ0) is 26.8. The normalized spacial score (nSPS) is 23.5. The molecule has 3 aromatic heterocycles. The van der Waals surface area contributed by atoms with Crippen LogP contribution in [0.15, 0.2) is 24.8 Å². The van der Waals surface area contributed by atoms with Gasteiger partial charge in [-0.1, -0.05) is 0 Å². The van der Waals surface area contributed by atoms with Crippen molar-refractivity contribution in [3.63, 3.8) is 0 Å². The Morgan fingerprint density at radius 3 is 2.63 bits per heavy atom. The van der Waals surface area contributed by atoms with Gasteiger partial charge in [0, 0.05) is 19.5 Å². The summed E-state index contributed by atoms with van der Waals surface area (Å²) in [4.78, 5) is 32.6. The number of nitrogen functional groups attached to an aromatic ring is 1. The van der Waals surface area contributed by atoms with E-state index in [2.05, 4.69) is 45.9 Å². The van der Waals surface area contributed by atoms with Crippen molar-refractivity contribution < 1.29 is 14.6 Å². The zero-order valence-electron chi connectivity index (χ0n) is 22.3. The Balaban J connectivity index is 1.14. The summed E-state index contributed by atoms with van der Waals surface area (Å²) in [5.74, 6) is 1.22. The van der Waals surface area contributed by atoms with Gasteiger partial charge in [-0.25, -0.2) is 19.9 Å². The molecule has 11 heteroatoms. The predicted octanol–water partition coefficient (Wildman–Crippen LogP) is 2.46. The number of nitrogens with two attached hydrogens (primary N) is 1. The highest BCUT2D eigenvalue weighted by molar-refractivity contribution is 5.82. The first-order chi connectivity index (χ1) is 18.1. The van der Waals surface area contributed by atoms with Crippen molar-refractivity contribution >= 4 is 33.9 Å². The van der Waals surface area contributed by atoms with Gasteiger partial charge in [-0.2, -0.15) is 0 Å². The van der Waals surface area contributed by atoms with Crippen LogP contribution in [0.4, 0.5) is 5.82 Å². The maximum Gasteiger partial charge on any atom is 0.242 e. The molecule has 4 aromatic rings. The Labute approximate surface area is 220 Å². The number of amides is 1. The quantitative estimate of drug-likeness (QED) is 0.422. The molecule has 0 saturated carbocycles. The molecule has 0 aliphatic carbocycles. The standard InChI is InChI=1S/C27H34N8O3/c1-16-9-19-20(10-17(16)2)34(18(3)32-19)11-22(36)33-7-5-27(6-8-33)13-26(4,37)21(12-38-27)35-15-31-23-24(28)29-14-30-25(23)35/h9-10,14-15,21,37H,5-8,11-13H2,1-4H3,(H2,28,29,30)/t21-,26-/m1/s1. The van der Waals surface area contributed by atoms with Crippen LogP contribution < -0.4 is 5.73 Å². The van der Waals surface area contributed by atoms with Crippen LogP contribution in [0.25, 0.3) is 22.2 Å². The molecule has 0 unspecified atom stereocenters. The molecule has 38 heavy (non-hydrogen) atoms. The average Bonchev–Trinajstić information content (AvgIpc) is 3.41. The Bertz CT molecular complexity index is 1550. The second-order valence-electron chi connectivity index (χ2n) is 11.2. The molecular formula is C27H34N8O3. The van der Waals surface area contributed by atoms with Gasteiger partial charge in [0.25, 0.3) is 0 Å². The fourth-order valence-electron chi connectivity index (χ4n) is 6.15. The number of nitrogens with zero attached hydrogens (tertiary/aromatic N) is 7. The van der Waals surface area contributed by atoms with E-state index in [0.717, 1.165) is 16.9 Å². The smallest absolute Gasteiger partial charge is 0.242 e. The van der Waals surface area contributed by atoms with E-state index in [1.807, 2.05) is 27.9 Å². The first kappa shape index (κ1) is 24.7. The van der Waals surface area contributed by atoms with E-state index in [1.165, 1.54) is 17.5 Å². The minimum absolute atomic E-state index is 0.0723. The summed E-state index contributed by atoms with van der Waals surface area (Å²) >= 11 is 0. The monoisotopic (exact) mass is 518 g/mol. The van der Waals surface area contributed by atoms with Gasteiger partial charge in [-0.05, 0) is 63.8 Å². The van der Waals surface area contributed by atoms with Gasteiger partial charge in [0.05, 0.1) is 41.2 Å². The van der Waals surface area contributed by atoms with Crippen molar-refractivity contribution in [2.24, 2.45) is 0 Å². The second kappa shape index (κ2) is 8.74. The number of piperidine rings is 1. The van der Waals surface area contributed by atoms with Crippen molar-refractivity contribution in [2.75, 3.05) is 25.4 Å². The fraction of sp³-hybridized carbons (Fsp3) is 0.519. The van der Waals surface area contributed by atoms with Crippen LogP contribution >= 0.6 is 0 Å². The lowest BCUT2D eigenvalue weighted by molar-refractivity contribution is -0.197. The Morgan fingerprint density at radius 2 is 1.89 bits per heavy atom. The molecule has 11 nitrogen and oxygen atoms in total. The second-order valence-corrected chi connectivity index (χ2v) is 11.2. The van der Waals surface area contributed by atoms with E-state index in [1.54, 1.807) is 6.33 Å². The van der Waals surface area contributed by atoms with Crippen molar-refractivity contribution in [3.8, 4) is 0 Å². The van der Waals surface area contributed by atoms with E-state index in [0.29, 0.717) is 55.9 Å². The Hall–Kier alpha value is -3.57. The molecule has 1 aromatic carbocycles. The van der Waals surface area contributed by atoms with Crippen molar-refractivity contribution in [2.45, 2.75) is 70.7 Å². The maximum atomic E-state index is 13.3. The van der Waals surface area contributed by atoms with Crippen LogP contribution in [0.1, 0.15) is 49.2 Å². The van der Waals surface area contributed by atoms with Crippen LogP contribution in [0.5, 0.6) is 0 Å². The third kappa shape index (κ3) is 4.01. The summed E-state index contributed by atoms with van der Waals surface area (Å²) in [6.45, 7) is 9.69. The number of hydrogen-bond donors (Lipinski definition) is 2. The Morgan fingerprint density at radius 1 is 1.16 bits per heavy atom. The van der Waals surface area contributed by atoms with Gasteiger partial charge in [0.1, 0.15) is 24.2 Å². The highest BCUT2D eigenvalue weighted by Gasteiger charge is 2.50.